The molecule has 1 saturated carbocycles. The molecule has 0 atom stereocenters. The van der Waals surface area contributed by atoms with Gasteiger partial charge in [0.05, 0.1) is 6.33 Å². The highest BCUT2D eigenvalue weighted by Crippen LogP contribution is 2.28. The molecule has 1 aliphatic rings. The Morgan fingerprint density at radius 2 is 2.05 bits per heavy atom. The summed E-state index contributed by atoms with van der Waals surface area (Å²) in [6.07, 6.45) is 7.73. The van der Waals surface area contributed by atoms with Gasteiger partial charge in [0.15, 0.2) is 11.5 Å². The molecule has 102 valence electrons. The highest BCUT2D eigenvalue weighted by molar-refractivity contribution is 5.82. The summed E-state index contributed by atoms with van der Waals surface area (Å²) in [6, 6.07) is 0.888. The van der Waals surface area contributed by atoms with Crippen LogP contribution in [-0.2, 0) is 0 Å². The quantitative estimate of drug-likeness (QED) is 0.872. The molecule has 19 heavy (non-hydrogen) atoms. The van der Waals surface area contributed by atoms with Gasteiger partial charge >= 0.3 is 0 Å². The van der Waals surface area contributed by atoms with E-state index in [1.54, 1.807) is 12.7 Å². The van der Waals surface area contributed by atoms with E-state index in [4.69, 9.17) is 5.73 Å². The summed E-state index contributed by atoms with van der Waals surface area (Å²) in [5.74, 6) is 0.963. The highest BCUT2D eigenvalue weighted by atomic mass is 15.2. The van der Waals surface area contributed by atoms with Crippen molar-refractivity contribution in [3.63, 3.8) is 0 Å². The molecule has 3 N–H and O–H groups in total. The molecule has 0 aromatic carbocycles. The van der Waals surface area contributed by atoms with Gasteiger partial charge in [0.1, 0.15) is 11.8 Å². The Kier molecular flexibility index (Phi) is 3.33. The number of hydrogen-bond acceptors (Lipinski definition) is 5. The Balaban J connectivity index is 1.91. The number of nitrogens with one attached hydrogen (secondary N) is 1. The summed E-state index contributed by atoms with van der Waals surface area (Å²) < 4.78 is 0. The van der Waals surface area contributed by atoms with Crippen molar-refractivity contribution in [1.29, 1.82) is 0 Å². The van der Waals surface area contributed by atoms with Crippen LogP contribution in [0.3, 0.4) is 0 Å². The first kappa shape index (κ1) is 12.3. The molecular weight excluding hydrogens is 240 g/mol. The molecule has 0 amide bonds. The number of rotatable bonds is 3. The summed E-state index contributed by atoms with van der Waals surface area (Å²) >= 11 is 0. The van der Waals surface area contributed by atoms with Gasteiger partial charge in [-0.1, -0.05) is 0 Å². The number of anilines is 1. The molecule has 2 heterocycles. The molecule has 3 rings (SSSR count). The minimum atomic E-state index is 0.368. The van der Waals surface area contributed by atoms with E-state index in [-0.39, 0.29) is 0 Å². The lowest BCUT2D eigenvalue weighted by atomic mass is 9.90. The van der Waals surface area contributed by atoms with E-state index in [1.165, 1.54) is 0 Å². The Bertz CT molecular complexity index is 543. The molecule has 0 saturated heterocycles. The van der Waals surface area contributed by atoms with Gasteiger partial charge in [-0.05, 0) is 32.6 Å². The van der Waals surface area contributed by atoms with Crippen LogP contribution >= 0.6 is 0 Å². The number of nitrogens with two attached hydrogens (primary N) is 1. The average molecular weight is 260 g/mol. The Morgan fingerprint density at radius 3 is 2.79 bits per heavy atom. The number of H-pyrrole nitrogens is 1. The summed E-state index contributed by atoms with van der Waals surface area (Å²) in [5, 5.41) is 0. The molecule has 1 aliphatic carbocycles. The molecule has 0 unspecified atom stereocenters. The van der Waals surface area contributed by atoms with Gasteiger partial charge in [-0.3, -0.25) is 0 Å². The summed E-state index contributed by atoms with van der Waals surface area (Å²) in [4.78, 5) is 18.3. The fourth-order valence-corrected chi connectivity index (χ4v) is 2.96. The van der Waals surface area contributed by atoms with Gasteiger partial charge in [-0.2, -0.15) is 0 Å². The van der Waals surface area contributed by atoms with Crippen molar-refractivity contribution in [3.8, 4) is 0 Å². The average Bonchev–Trinajstić information content (AvgIpc) is 2.91. The van der Waals surface area contributed by atoms with E-state index in [0.29, 0.717) is 12.1 Å². The molecule has 0 radical (unpaired) electrons. The van der Waals surface area contributed by atoms with Crippen molar-refractivity contribution in [2.24, 2.45) is 5.73 Å². The predicted molar refractivity (Wildman–Crippen MR) is 74.9 cm³/mol. The number of aromatic nitrogens is 4. The van der Waals surface area contributed by atoms with Crippen LogP contribution in [0.1, 0.15) is 32.6 Å². The van der Waals surface area contributed by atoms with E-state index in [9.17, 15) is 0 Å². The van der Waals surface area contributed by atoms with Crippen LogP contribution in [-0.4, -0.2) is 38.6 Å². The van der Waals surface area contributed by atoms with Crippen molar-refractivity contribution in [1.82, 2.24) is 19.9 Å². The van der Waals surface area contributed by atoms with E-state index in [1.807, 2.05) is 0 Å². The van der Waals surface area contributed by atoms with Crippen LogP contribution in [0, 0.1) is 0 Å². The number of imidazole rings is 1. The molecule has 2 aromatic rings. The zero-order chi connectivity index (χ0) is 13.2. The lowest BCUT2D eigenvalue weighted by Crippen LogP contribution is -2.41. The van der Waals surface area contributed by atoms with Gasteiger partial charge in [0.2, 0.25) is 0 Å². The maximum atomic E-state index is 5.99. The first-order valence-electron chi connectivity index (χ1n) is 6.96. The van der Waals surface area contributed by atoms with Gasteiger partial charge in [0.25, 0.3) is 0 Å². The molecule has 6 heteroatoms. The highest BCUT2D eigenvalue weighted by Gasteiger charge is 2.25. The zero-order valence-electron chi connectivity index (χ0n) is 11.2. The standard InChI is InChI=1S/C13H20N6/c1-2-19(10-5-3-9(14)4-6-10)13-11-12(16-7-15-11)17-8-18-13/h7-10H,2-6,14H2,1H3,(H,15,16,17,18). The third-order valence-corrected chi connectivity index (χ3v) is 4.00. The van der Waals surface area contributed by atoms with Gasteiger partial charge < -0.3 is 15.6 Å². The van der Waals surface area contributed by atoms with Crippen molar-refractivity contribution in [3.05, 3.63) is 12.7 Å². The first-order valence-corrected chi connectivity index (χ1v) is 6.96. The van der Waals surface area contributed by atoms with E-state index in [2.05, 4.69) is 31.8 Å². The van der Waals surface area contributed by atoms with Crippen LogP contribution in [0.15, 0.2) is 12.7 Å². The van der Waals surface area contributed by atoms with Crippen molar-refractivity contribution in [2.45, 2.75) is 44.7 Å². The van der Waals surface area contributed by atoms with Crippen molar-refractivity contribution >= 4 is 17.0 Å². The molecule has 1 fully saturated rings. The number of hydrogen-bond donors (Lipinski definition) is 2. The summed E-state index contributed by atoms with van der Waals surface area (Å²) in [7, 11) is 0. The fourth-order valence-electron chi connectivity index (χ4n) is 2.96. The number of nitrogens with zero attached hydrogens (tertiary/aromatic N) is 4. The van der Waals surface area contributed by atoms with Crippen LogP contribution in [0.5, 0.6) is 0 Å². The Labute approximate surface area is 112 Å². The maximum Gasteiger partial charge on any atom is 0.182 e. The SMILES string of the molecule is CCN(c1ncnc2nc[nH]c12)C1CCC(N)CC1. The second kappa shape index (κ2) is 5.13. The van der Waals surface area contributed by atoms with Crippen molar-refractivity contribution in [2.75, 3.05) is 11.4 Å². The summed E-state index contributed by atoms with van der Waals surface area (Å²) in [6.45, 7) is 3.10. The third kappa shape index (κ3) is 2.28. The van der Waals surface area contributed by atoms with Crippen LogP contribution in [0.4, 0.5) is 5.82 Å². The largest absolute Gasteiger partial charge is 0.352 e. The van der Waals surface area contributed by atoms with Crippen LogP contribution in [0.25, 0.3) is 11.2 Å². The Hall–Kier alpha value is -1.69. The first-order chi connectivity index (χ1) is 9.29. The smallest absolute Gasteiger partial charge is 0.182 e. The monoisotopic (exact) mass is 260 g/mol. The number of aromatic amines is 1. The third-order valence-electron chi connectivity index (χ3n) is 4.00. The van der Waals surface area contributed by atoms with Crippen LogP contribution in [0.2, 0.25) is 0 Å². The minimum Gasteiger partial charge on any atom is -0.352 e. The van der Waals surface area contributed by atoms with E-state index >= 15 is 0 Å². The lowest BCUT2D eigenvalue weighted by molar-refractivity contribution is 0.377. The fraction of sp³-hybridized carbons (Fsp3) is 0.615. The van der Waals surface area contributed by atoms with Gasteiger partial charge in [-0.15, -0.1) is 0 Å². The molecule has 0 spiro atoms. The molecule has 0 aliphatic heterocycles. The minimum absolute atomic E-state index is 0.368. The molecule has 6 nitrogen and oxygen atoms in total. The topological polar surface area (TPSA) is 83.7 Å². The van der Waals surface area contributed by atoms with E-state index in [0.717, 1.165) is 49.2 Å². The predicted octanol–water partition coefficient (Wildman–Crippen LogP) is 1.45. The molecule has 0 bridgehead atoms. The van der Waals surface area contributed by atoms with Crippen molar-refractivity contribution < 1.29 is 0 Å². The van der Waals surface area contributed by atoms with Gasteiger partial charge in [-0.25, -0.2) is 15.0 Å². The normalized spacial score (nSPS) is 23.7. The molecular formula is C13H20N6. The van der Waals surface area contributed by atoms with E-state index < -0.39 is 0 Å². The Morgan fingerprint density at radius 1 is 1.26 bits per heavy atom. The zero-order valence-corrected chi connectivity index (χ0v) is 11.2. The van der Waals surface area contributed by atoms with Gasteiger partial charge in [0, 0.05) is 18.6 Å². The number of fused-ring (bicyclic) bond motifs is 1. The summed E-state index contributed by atoms with van der Waals surface area (Å²) in [5.41, 5.74) is 7.65. The maximum absolute atomic E-state index is 5.99. The lowest BCUT2D eigenvalue weighted by Gasteiger charge is -2.36. The molecule has 2 aromatic heterocycles. The second-order valence-corrected chi connectivity index (χ2v) is 5.15. The second-order valence-electron chi connectivity index (χ2n) is 5.15. The van der Waals surface area contributed by atoms with Crippen LogP contribution < -0.4 is 10.6 Å².